The summed E-state index contributed by atoms with van der Waals surface area (Å²) in [6, 6.07) is 8.11. The molecule has 0 bridgehead atoms. The van der Waals surface area contributed by atoms with Crippen LogP contribution in [0.25, 0.3) is 0 Å². The number of esters is 4. The zero-order valence-electron chi connectivity index (χ0n) is 24.4. The molecule has 2 aliphatic heterocycles. The van der Waals surface area contributed by atoms with Crippen LogP contribution in [0.15, 0.2) is 30.3 Å². The van der Waals surface area contributed by atoms with Gasteiger partial charge in [-0.05, 0) is 12.1 Å². The predicted molar refractivity (Wildman–Crippen MR) is 146 cm³/mol. The number of carbonyl (C=O) groups excluding carboxylic acids is 5. The minimum absolute atomic E-state index is 0.290. The first kappa shape index (κ1) is 32.8. The van der Waals surface area contributed by atoms with Gasteiger partial charge in [0.15, 0.2) is 12.2 Å². The number of amides is 1. The molecule has 0 radical (unpaired) electrons. The summed E-state index contributed by atoms with van der Waals surface area (Å²) in [5, 5.41) is 14.3. The van der Waals surface area contributed by atoms with Crippen LogP contribution in [-0.4, -0.2) is 116 Å². The highest BCUT2D eigenvalue weighted by Crippen LogP contribution is 2.36. The molecule has 1 aromatic rings. The molecule has 1 amide bonds. The molecular weight excluding hydrogens is 554 g/mol. The molecule has 2 N–H and O–H groups in total. The van der Waals surface area contributed by atoms with Crippen molar-refractivity contribution in [3.05, 3.63) is 30.3 Å². The first-order valence-electron chi connectivity index (χ1n) is 13.6. The van der Waals surface area contributed by atoms with Gasteiger partial charge in [-0.15, -0.1) is 0 Å². The van der Waals surface area contributed by atoms with E-state index in [1.807, 2.05) is 35.2 Å². The number of aliphatic hydroxyl groups is 1. The van der Waals surface area contributed by atoms with Gasteiger partial charge in [0.25, 0.3) is 5.79 Å². The molecule has 3 rings (SSSR count). The minimum Gasteiger partial charge on any atom is -0.465 e. The van der Waals surface area contributed by atoms with Crippen LogP contribution in [0.3, 0.4) is 0 Å². The van der Waals surface area contributed by atoms with E-state index in [-0.39, 0.29) is 6.42 Å². The van der Waals surface area contributed by atoms with Gasteiger partial charge in [0.1, 0.15) is 12.7 Å². The molecule has 0 aliphatic carbocycles. The number of piperazine rings is 1. The van der Waals surface area contributed by atoms with Crippen LogP contribution in [0.4, 0.5) is 5.69 Å². The molecule has 14 nitrogen and oxygen atoms in total. The average Bonchev–Trinajstić information content (AvgIpc) is 2.94. The first-order valence-corrected chi connectivity index (χ1v) is 13.6. The summed E-state index contributed by atoms with van der Waals surface area (Å²) in [4.78, 5) is 65.4. The molecule has 232 valence electrons. The van der Waals surface area contributed by atoms with Crippen molar-refractivity contribution < 1.29 is 52.8 Å². The monoisotopic (exact) mass is 593 g/mol. The summed E-state index contributed by atoms with van der Waals surface area (Å²) in [5.41, 5.74) is 1.04. The Morgan fingerprint density at radius 2 is 1.60 bits per heavy atom. The summed E-state index contributed by atoms with van der Waals surface area (Å²) in [7, 11) is 1.08. The molecular formula is C28H39N3O11. The standard InChI is InChI=1S/C28H39N3O11/c1-17(32)29-24-22(31-13-11-30(12-14-31)21-9-7-6-8-10-21)15-28(37,27(36)38-5)42-26(24)25(41-20(4)35)23(40-19(3)34)16-39-18(2)33/h6-10,22-26,37H,11-16H2,1-5H3,(H,29,32)/t22-,23+,24+,25+,26+,28-/m0/s1. The Bertz CT molecular complexity index is 1130. The predicted octanol–water partition coefficient (Wildman–Crippen LogP) is -0.241. The molecule has 14 heteroatoms. The number of nitrogens with zero attached hydrogens (tertiary/aromatic N) is 2. The lowest BCUT2D eigenvalue weighted by molar-refractivity contribution is -0.293. The fraction of sp³-hybridized carbons (Fsp3) is 0.607. The van der Waals surface area contributed by atoms with Crippen LogP contribution in [0.2, 0.25) is 0 Å². The van der Waals surface area contributed by atoms with Crippen molar-refractivity contribution in [1.82, 2.24) is 10.2 Å². The van der Waals surface area contributed by atoms with Gasteiger partial charge in [0, 0.05) is 72.0 Å². The normalized spacial score (nSPS) is 25.9. The zero-order valence-corrected chi connectivity index (χ0v) is 24.4. The lowest BCUT2D eigenvalue weighted by atomic mass is 9.85. The van der Waals surface area contributed by atoms with Gasteiger partial charge in [0.2, 0.25) is 5.91 Å². The topological polar surface area (TPSA) is 170 Å². The van der Waals surface area contributed by atoms with Crippen LogP contribution < -0.4 is 10.2 Å². The highest BCUT2D eigenvalue weighted by atomic mass is 16.7. The summed E-state index contributed by atoms with van der Waals surface area (Å²) >= 11 is 0. The van der Waals surface area contributed by atoms with E-state index in [4.69, 9.17) is 23.7 Å². The number of carbonyl (C=O) groups is 5. The SMILES string of the molecule is COC(=O)[C@]1(O)C[C@H](N2CCN(c3ccccc3)CC2)[C@@H](NC(C)=O)[C@H]([C@H](OC(C)=O)[C@@H](COC(C)=O)OC(C)=O)O1. The second kappa shape index (κ2) is 14.4. The zero-order chi connectivity index (χ0) is 31.0. The Balaban J connectivity index is 2.04. The third-order valence-electron chi connectivity index (χ3n) is 7.12. The highest BCUT2D eigenvalue weighted by molar-refractivity contribution is 5.78. The van der Waals surface area contributed by atoms with E-state index in [1.165, 1.54) is 6.92 Å². The number of benzene rings is 1. The van der Waals surface area contributed by atoms with Crippen molar-refractivity contribution in [2.24, 2.45) is 0 Å². The Labute approximate surface area is 244 Å². The third-order valence-corrected chi connectivity index (χ3v) is 7.12. The maximum absolute atomic E-state index is 12.9. The van der Waals surface area contributed by atoms with Gasteiger partial charge in [0.05, 0.1) is 13.2 Å². The molecule has 6 atom stereocenters. The molecule has 2 saturated heterocycles. The second-order valence-corrected chi connectivity index (χ2v) is 10.2. The highest BCUT2D eigenvalue weighted by Gasteiger charge is 2.57. The van der Waals surface area contributed by atoms with E-state index in [0.29, 0.717) is 26.2 Å². The van der Waals surface area contributed by atoms with Crippen molar-refractivity contribution in [2.45, 2.75) is 70.3 Å². The Hall–Kier alpha value is -3.75. The van der Waals surface area contributed by atoms with Crippen LogP contribution in [0, 0.1) is 0 Å². The van der Waals surface area contributed by atoms with Gasteiger partial charge in [-0.3, -0.25) is 24.1 Å². The van der Waals surface area contributed by atoms with E-state index in [2.05, 4.69) is 10.2 Å². The largest absolute Gasteiger partial charge is 0.465 e. The third kappa shape index (κ3) is 8.39. The molecule has 2 heterocycles. The van der Waals surface area contributed by atoms with Gasteiger partial charge < -0.3 is 39.0 Å². The van der Waals surface area contributed by atoms with Crippen LogP contribution in [0.5, 0.6) is 0 Å². The lowest BCUT2D eigenvalue weighted by Crippen LogP contribution is -2.72. The van der Waals surface area contributed by atoms with Crippen LogP contribution in [0.1, 0.15) is 34.1 Å². The lowest BCUT2D eigenvalue weighted by Gasteiger charge is -2.52. The van der Waals surface area contributed by atoms with Gasteiger partial charge in [-0.2, -0.15) is 0 Å². The van der Waals surface area contributed by atoms with Crippen molar-refractivity contribution >= 4 is 35.5 Å². The van der Waals surface area contributed by atoms with Crippen molar-refractivity contribution in [3.63, 3.8) is 0 Å². The maximum Gasteiger partial charge on any atom is 0.366 e. The summed E-state index contributed by atoms with van der Waals surface area (Å²) in [5.74, 6) is -6.38. The molecule has 0 spiro atoms. The second-order valence-electron chi connectivity index (χ2n) is 10.2. The van der Waals surface area contributed by atoms with Crippen molar-refractivity contribution in [3.8, 4) is 0 Å². The number of rotatable bonds is 10. The van der Waals surface area contributed by atoms with E-state index >= 15 is 0 Å². The number of methoxy groups -OCH3 is 1. The molecule has 2 aliphatic rings. The molecule has 1 aromatic carbocycles. The van der Waals surface area contributed by atoms with E-state index in [1.54, 1.807) is 0 Å². The van der Waals surface area contributed by atoms with Crippen molar-refractivity contribution in [1.29, 1.82) is 0 Å². The van der Waals surface area contributed by atoms with E-state index in [9.17, 15) is 29.1 Å². The van der Waals surface area contributed by atoms with E-state index < -0.39 is 72.6 Å². The molecule has 0 saturated carbocycles. The Morgan fingerprint density at radius 3 is 2.12 bits per heavy atom. The number of ether oxygens (including phenoxy) is 5. The minimum atomic E-state index is -2.52. The number of para-hydroxylation sites is 1. The fourth-order valence-corrected chi connectivity index (χ4v) is 5.41. The maximum atomic E-state index is 12.9. The summed E-state index contributed by atoms with van der Waals surface area (Å²) in [6.07, 6.45) is -4.67. The quantitative estimate of drug-likeness (QED) is 0.269. The van der Waals surface area contributed by atoms with Gasteiger partial charge >= 0.3 is 23.9 Å². The number of anilines is 1. The van der Waals surface area contributed by atoms with Crippen molar-refractivity contribution in [2.75, 3.05) is 44.8 Å². The smallest absolute Gasteiger partial charge is 0.366 e. The first-order chi connectivity index (χ1) is 19.8. The van der Waals surface area contributed by atoms with Gasteiger partial charge in [-0.1, -0.05) is 18.2 Å². The molecule has 0 unspecified atom stereocenters. The average molecular weight is 594 g/mol. The van der Waals surface area contributed by atoms with E-state index in [0.717, 1.165) is 33.6 Å². The van der Waals surface area contributed by atoms with Gasteiger partial charge in [-0.25, -0.2) is 4.79 Å². The number of hydrogen-bond donors (Lipinski definition) is 2. The number of nitrogens with one attached hydrogen (secondary N) is 1. The summed E-state index contributed by atoms with van der Waals surface area (Å²) in [6.45, 7) is 6.28. The number of hydrogen-bond acceptors (Lipinski definition) is 13. The molecule has 0 aromatic heterocycles. The van der Waals surface area contributed by atoms with Crippen LogP contribution >= 0.6 is 0 Å². The fourth-order valence-electron chi connectivity index (χ4n) is 5.41. The molecule has 42 heavy (non-hydrogen) atoms. The Kier molecular flexibility index (Phi) is 11.3. The Morgan fingerprint density at radius 1 is 0.976 bits per heavy atom. The molecule has 2 fully saturated rings. The van der Waals surface area contributed by atoms with Crippen LogP contribution in [-0.2, 0) is 47.7 Å². The summed E-state index contributed by atoms with van der Waals surface area (Å²) < 4.78 is 26.7.